The van der Waals surface area contributed by atoms with Gasteiger partial charge in [0.25, 0.3) is 0 Å². The minimum absolute atomic E-state index is 0.00551. The molecule has 7 nitrogen and oxygen atoms in total. The normalized spacial score (nSPS) is 12.3. The molecular formula is C8H16N4O3S. The Bertz CT molecular complexity index is 480. The van der Waals surface area contributed by atoms with E-state index in [0.717, 1.165) is 4.31 Å². The van der Waals surface area contributed by atoms with Gasteiger partial charge in [0.15, 0.2) is 5.82 Å². The van der Waals surface area contributed by atoms with E-state index in [1.807, 2.05) is 0 Å². The van der Waals surface area contributed by atoms with E-state index in [4.69, 9.17) is 10.8 Å². The molecule has 0 aliphatic heterocycles. The Morgan fingerprint density at radius 3 is 2.50 bits per heavy atom. The Balaban J connectivity index is 3.27. The van der Waals surface area contributed by atoms with Crippen LogP contribution in [-0.2, 0) is 17.1 Å². The smallest absolute Gasteiger partial charge is 0.248 e. The van der Waals surface area contributed by atoms with Crippen LogP contribution in [0.3, 0.4) is 0 Å². The number of hydrogen-bond donors (Lipinski definition) is 2. The Morgan fingerprint density at radius 1 is 1.56 bits per heavy atom. The second-order valence-corrected chi connectivity index (χ2v) is 5.46. The molecule has 1 aromatic heterocycles. The van der Waals surface area contributed by atoms with Crippen molar-refractivity contribution in [1.82, 2.24) is 14.1 Å². The summed E-state index contributed by atoms with van der Waals surface area (Å²) in [6, 6.07) is 0. The first kappa shape index (κ1) is 12.9. The van der Waals surface area contributed by atoms with Crippen LogP contribution in [0.1, 0.15) is 5.69 Å². The van der Waals surface area contributed by atoms with E-state index in [2.05, 4.69) is 5.10 Å². The van der Waals surface area contributed by atoms with Crippen molar-refractivity contribution in [2.75, 3.05) is 25.9 Å². The van der Waals surface area contributed by atoms with Gasteiger partial charge in [0.1, 0.15) is 4.90 Å². The molecule has 92 valence electrons. The number of nitrogen functional groups attached to an aromatic ring is 1. The molecule has 1 heterocycles. The number of aliphatic hydroxyl groups excluding tert-OH is 1. The highest BCUT2D eigenvalue weighted by Gasteiger charge is 2.28. The molecule has 3 N–H and O–H groups in total. The molecule has 0 unspecified atom stereocenters. The van der Waals surface area contributed by atoms with Crippen molar-refractivity contribution in [3.8, 4) is 0 Å². The second kappa shape index (κ2) is 4.40. The summed E-state index contributed by atoms with van der Waals surface area (Å²) in [6.45, 7) is 1.41. The van der Waals surface area contributed by atoms with Gasteiger partial charge in [0.2, 0.25) is 10.0 Å². The molecule has 0 atom stereocenters. The number of aryl methyl sites for hydroxylation is 1. The highest BCUT2D eigenvalue weighted by Crippen LogP contribution is 2.23. The van der Waals surface area contributed by atoms with E-state index in [1.54, 1.807) is 14.0 Å². The molecule has 0 fully saturated rings. The summed E-state index contributed by atoms with van der Waals surface area (Å²) >= 11 is 0. The van der Waals surface area contributed by atoms with Gasteiger partial charge in [-0.05, 0) is 6.92 Å². The van der Waals surface area contributed by atoms with Gasteiger partial charge in [-0.1, -0.05) is 0 Å². The van der Waals surface area contributed by atoms with Gasteiger partial charge < -0.3 is 10.8 Å². The summed E-state index contributed by atoms with van der Waals surface area (Å²) in [5.41, 5.74) is 6.04. The van der Waals surface area contributed by atoms with E-state index in [-0.39, 0.29) is 23.9 Å². The van der Waals surface area contributed by atoms with E-state index in [1.165, 1.54) is 11.7 Å². The number of nitrogens with zero attached hydrogens (tertiary/aromatic N) is 3. The fourth-order valence-corrected chi connectivity index (χ4v) is 2.79. The van der Waals surface area contributed by atoms with Crippen molar-refractivity contribution in [2.24, 2.45) is 7.05 Å². The lowest BCUT2D eigenvalue weighted by Crippen LogP contribution is -2.30. The predicted molar refractivity (Wildman–Crippen MR) is 59.3 cm³/mol. The Labute approximate surface area is 94.5 Å². The zero-order chi connectivity index (χ0) is 12.5. The molecule has 0 radical (unpaired) electrons. The molecule has 0 saturated heterocycles. The van der Waals surface area contributed by atoms with Gasteiger partial charge in [-0.3, -0.25) is 4.68 Å². The minimum Gasteiger partial charge on any atom is -0.395 e. The lowest BCUT2D eigenvalue weighted by atomic mass is 10.5. The van der Waals surface area contributed by atoms with Crippen LogP contribution in [-0.4, -0.2) is 47.8 Å². The van der Waals surface area contributed by atoms with Crippen molar-refractivity contribution < 1.29 is 13.5 Å². The third-order valence-corrected chi connectivity index (χ3v) is 4.41. The van der Waals surface area contributed by atoms with Crippen LogP contribution < -0.4 is 5.73 Å². The number of sulfonamides is 1. The fraction of sp³-hybridized carbons (Fsp3) is 0.625. The minimum atomic E-state index is -3.68. The largest absolute Gasteiger partial charge is 0.395 e. The summed E-state index contributed by atoms with van der Waals surface area (Å²) in [5.74, 6) is -0.0233. The van der Waals surface area contributed by atoms with Crippen LogP contribution in [0.4, 0.5) is 5.82 Å². The summed E-state index contributed by atoms with van der Waals surface area (Å²) in [6.07, 6.45) is 0. The lowest BCUT2D eigenvalue weighted by molar-refractivity contribution is 0.266. The van der Waals surface area contributed by atoms with Gasteiger partial charge in [-0.2, -0.15) is 9.40 Å². The van der Waals surface area contributed by atoms with E-state index < -0.39 is 10.0 Å². The first-order valence-electron chi connectivity index (χ1n) is 4.68. The molecule has 16 heavy (non-hydrogen) atoms. The summed E-state index contributed by atoms with van der Waals surface area (Å²) in [4.78, 5) is 0.00551. The Kier molecular flexibility index (Phi) is 3.56. The number of aromatic nitrogens is 2. The molecule has 1 rings (SSSR count). The van der Waals surface area contributed by atoms with Crippen LogP contribution in [0.25, 0.3) is 0 Å². The van der Waals surface area contributed by atoms with Gasteiger partial charge in [-0.15, -0.1) is 0 Å². The third kappa shape index (κ3) is 2.04. The molecule has 8 heteroatoms. The summed E-state index contributed by atoms with van der Waals surface area (Å²) in [5, 5.41) is 12.6. The van der Waals surface area contributed by atoms with Crippen molar-refractivity contribution in [3.05, 3.63) is 5.69 Å². The fourth-order valence-electron chi connectivity index (χ4n) is 1.35. The topological polar surface area (TPSA) is 101 Å². The maximum Gasteiger partial charge on any atom is 0.248 e. The number of hydrogen-bond acceptors (Lipinski definition) is 5. The Morgan fingerprint density at radius 2 is 2.12 bits per heavy atom. The van der Waals surface area contributed by atoms with Gasteiger partial charge >= 0.3 is 0 Å². The van der Waals surface area contributed by atoms with Crippen LogP contribution in [0.15, 0.2) is 4.90 Å². The molecule has 1 aromatic rings. The maximum absolute atomic E-state index is 12.1. The van der Waals surface area contributed by atoms with Gasteiger partial charge in [0, 0.05) is 20.6 Å². The third-order valence-electron chi connectivity index (χ3n) is 2.39. The standard InChI is InChI=1S/C8H16N4O3S/c1-6-7(8(9)10-12(6)3)16(14,15)11(2)4-5-13/h13H,4-5H2,1-3H3,(H2,9,10). The molecule has 0 bridgehead atoms. The summed E-state index contributed by atoms with van der Waals surface area (Å²) in [7, 11) is -0.669. The Hall–Kier alpha value is -1.12. The number of anilines is 1. The van der Waals surface area contributed by atoms with Gasteiger partial charge in [0.05, 0.1) is 12.3 Å². The average molecular weight is 248 g/mol. The van der Waals surface area contributed by atoms with E-state index in [9.17, 15) is 8.42 Å². The van der Waals surface area contributed by atoms with Crippen LogP contribution in [0.2, 0.25) is 0 Å². The molecule has 0 aromatic carbocycles. The van der Waals surface area contributed by atoms with Crippen LogP contribution in [0.5, 0.6) is 0 Å². The molecule has 0 amide bonds. The van der Waals surface area contributed by atoms with E-state index in [0.29, 0.717) is 5.69 Å². The highest BCUT2D eigenvalue weighted by molar-refractivity contribution is 7.89. The van der Waals surface area contributed by atoms with Crippen molar-refractivity contribution >= 4 is 15.8 Å². The number of aliphatic hydroxyl groups is 1. The molecule has 0 aliphatic rings. The SMILES string of the molecule is Cc1c(S(=O)(=O)N(C)CCO)c(N)nn1C. The highest BCUT2D eigenvalue weighted by atomic mass is 32.2. The quantitative estimate of drug-likeness (QED) is 0.706. The average Bonchev–Trinajstić information content (AvgIpc) is 2.41. The molecule has 0 saturated carbocycles. The number of nitrogens with two attached hydrogens (primary N) is 1. The monoisotopic (exact) mass is 248 g/mol. The first-order chi connectivity index (χ1) is 7.32. The molecule has 0 spiro atoms. The predicted octanol–water partition coefficient (Wildman–Crippen LogP) is -1.08. The van der Waals surface area contributed by atoms with Crippen LogP contribution >= 0.6 is 0 Å². The zero-order valence-electron chi connectivity index (χ0n) is 9.51. The van der Waals surface area contributed by atoms with E-state index >= 15 is 0 Å². The molecular weight excluding hydrogens is 232 g/mol. The lowest BCUT2D eigenvalue weighted by Gasteiger charge is -2.15. The van der Waals surface area contributed by atoms with Crippen molar-refractivity contribution in [1.29, 1.82) is 0 Å². The van der Waals surface area contributed by atoms with Crippen LogP contribution in [0, 0.1) is 6.92 Å². The number of likely N-dealkylation sites (N-methyl/N-ethyl adjacent to an activating group) is 1. The summed E-state index contributed by atoms with van der Waals surface area (Å²) < 4.78 is 26.6. The van der Waals surface area contributed by atoms with Crippen molar-refractivity contribution in [2.45, 2.75) is 11.8 Å². The van der Waals surface area contributed by atoms with Crippen molar-refractivity contribution in [3.63, 3.8) is 0 Å². The first-order valence-corrected chi connectivity index (χ1v) is 6.12. The maximum atomic E-state index is 12.1. The number of rotatable bonds is 4. The molecule has 0 aliphatic carbocycles. The van der Waals surface area contributed by atoms with Gasteiger partial charge in [-0.25, -0.2) is 8.42 Å². The zero-order valence-corrected chi connectivity index (χ0v) is 10.3. The second-order valence-electron chi connectivity index (χ2n) is 3.47.